The Kier molecular flexibility index (Phi) is 4.07. The summed E-state index contributed by atoms with van der Waals surface area (Å²) in [6.45, 7) is 3.97. The predicted octanol–water partition coefficient (Wildman–Crippen LogP) is 5.01. The van der Waals surface area contributed by atoms with Crippen LogP contribution in [0.1, 0.15) is 28.4 Å². The van der Waals surface area contributed by atoms with Crippen LogP contribution in [-0.4, -0.2) is 23.2 Å². The van der Waals surface area contributed by atoms with Crippen molar-refractivity contribution in [2.24, 2.45) is 0 Å². The molecule has 0 aliphatic carbocycles. The molecule has 0 radical (unpaired) electrons. The fourth-order valence-electron chi connectivity index (χ4n) is 3.47. The molecule has 27 heavy (non-hydrogen) atoms. The van der Waals surface area contributed by atoms with E-state index in [-0.39, 0.29) is 11.3 Å². The number of para-hydroxylation sites is 1. The number of methoxy groups -OCH3 is 1. The number of aryl methyl sites for hydroxylation is 2. The maximum Gasteiger partial charge on any atom is 0.338 e. The van der Waals surface area contributed by atoms with Crippen molar-refractivity contribution in [3.8, 4) is 17.2 Å². The van der Waals surface area contributed by atoms with E-state index in [0.29, 0.717) is 28.8 Å². The predicted molar refractivity (Wildman–Crippen MR) is 104 cm³/mol. The minimum Gasteiger partial charge on any atom is -0.507 e. The first-order valence-corrected chi connectivity index (χ1v) is 8.77. The first kappa shape index (κ1) is 17.1. The summed E-state index contributed by atoms with van der Waals surface area (Å²) in [5.74, 6) is 0.0811. The molecule has 0 fully saturated rings. The van der Waals surface area contributed by atoms with Crippen molar-refractivity contribution in [1.29, 1.82) is 0 Å². The third-order valence-corrected chi connectivity index (χ3v) is 4.88. The number of benzene rings is 2. The highest BCUT2D eigenvalue weighted by Crippen LogP contribution is 2.37. The summed E-state index contributed by atoms with van der Waals surface area (Å²) in [5.41, 5.74) is 4.03. The van der Waals surface area contributed by atoms with Gasteiger partial charge >= 0.3 is 5.97 Å². The quantitative estimate of drug-likeness (QED) is 0.519. The van der Waals surface area contributed by atoms with Crippen LogP contribution < -0.4 is 0 Å². The molecule has 4 rings (SSSR count). The fraction of sp³-hybridized carbons (Fsp3) is 0.182. The first-order valence-electron chi connectivity index (χ1n) is 8.77. The fourth-order valence-corrected chi connectivity index (χ4v) is 3.47. The molecule has 4 aromatic rings. The Balaban J connectivity index is 2.09. The lowest BCUT2D eigenvalue weighted by Crippen LogP contribution is -2.05. The molecule has 0 aliphatic heterocycles. The van der Waals surface area contributed by atoms with E-state index in [2.05, 4.69) is 0 Å². The Hall–Kier alpha value is -3.34. The van der Waals surface area contributed by atoms with Crippen LogP contribution in [0.2, 0.25) is 0 Å². The van der Waals surface area contributed by atoms with Gasteiger partial charge in [0.25, 0.3) is 0 Å². The number of fused-ring (bicyclic) bond motifs is 2. The summed E-state index contributed by atoms with van der Waals surface area (Å²) in [6.07, 6.45) is 0.715. The lowest BCUT2D eigenvalue weighted by Gasteiger charge is -2.12. The molecule has 5 heteroatoms. The van der Waals surface area contributed by atoms with Crippen LogP contribution in [0.5, 0.6) is 5.75 Å². The average Bonchev–Trinajstić information content (AvgIpc) is 3.04. The summed E-state index contributed by atoms with van der Waals surface area (Å²) in [4.78, 5) is 17.2. The Bertz CT molecular complexity index is 1190. The molecule has 0 saturated carbocycles. The molecule has 0 aliphatic rings. The number of carbonyl (C=O) groups excluding carboxylic acids is 1. The van der Waals surface area contributed by atoms with E-state index >= 15 is 0 Å². The Labute approximate surface area is 156 Å². The zero-order chi connectivity index (χ0) is 19.1. The molecule has 2 aromatic carbocycles. The molecule has 0 bridgehead atoms. The van der Waals surface area contributed by atoms with Crippen LogP contribution in [0.25, 0.3) is 33.3 Å². The van der Waals surface area contributed by atoms with Gasteiger partial charge in [-0.3, -0.25) is 0 Å². The van der Waals surface area contributed by atoms with Gasteiger partial charge in [0.2, 0.25) is 0 Å². The Morgan fingerprint density at radius 2 is 2.00 bits per heavy atom. The van der Waals surface area contributed by atoms with Crippen LogP contribution >= 0.6 is 0 Å². The standard InChI is InChI=1S/C22H19NO4/c1-4-13-9-10-17(24)19-15(22(25)26-3)11-16(23-20(13)19)21-12(2)14-7-5-6-8-18(14)27-21/h5-11,24H,4H2,1-3H3. The van der Waals surface area contributed by atoms with E-state index in [1.54, 1.807) is 12.1 Å². The van der Waals surface area contributed by atoms with E-state index in [1.807, 2.05) is 44.2 Å². The third-order valence-electron chi connectivity index (χ3n) is 4.88. The number of aromatic nitrogens is 1. The number of nitrogens with zero attached hydrogens (tertiary/aromatic N) is 1. The van der Waals surface area contributed by atoms with Gasteiger partial charge in [0.05, 0.1) is 23.6 Å². The first-order chi connectivity index (χ1) is 13.0. The van der Waals surface area contributed by atoms with E-state index in [4.69, 9.17) is 14.1 Å². The van der Waals surface area contributed by atoms with Gasteiger partial charge in [-0.2, -0.15) is 0 Å². The van der Waals surface area contributed by atoms with Crippen molar-refractivity contribution in [2.45, 2.75) is 20.3 Å². The number of phenolic OH excluding ortho intramolecular Hbond substituents is 1. The molecule has 1 N–H and O–H groups in total. The SMILES string of the molecule is CCc1ccc(O)c2c(C(=O)OC)cc(-c3oc4ccccc4c3C)nc12. The number of carbonyl (C=O) groups is 1. The van der Waals surface area contributed by atoms with Crippen LogP contribution in [0.3, 0.4) is 0 Å². The summed E-state index contributed by atoms with van der Waals surface area (Å²) in [6, 6.07) is 12.8. The molecule has 0 saturated heterocycles. The van der Waals surface area contributed by atoms with Gasteiger partial charge in [-0.05, 0) is 37.1 Å². The lowest BCUT2D eigenvalue weighted by atomic mass is 10.00. The van der Waals surface area contributed by atoms with E-state index < -0.39 is 5.97 Å². The second kappa shape index (κ2) is 6.43. The number of rotatable bonds is 3. The number of phenols is 1. The molecular formula is C22H19NO4. The molecular weight excluding hydrogens is 342 g/mol. The van der Waals surface area contributed by atoms with Gasteiger partial charge in [-0.25, -0.2) is 9.78 Å². The molecule has 0 amide bonds. The van der Waals surface area contributed by atoms with Gasteiger partial charge in [-0.1, -0.05) is 31.2 Å². The van der Waals surface area contributed by atoms with Crippen molar-refractivity contribution < 1.29 is 19.1 Å². The molecule has 2 heterocycles. The van der Waals surface area contributed by atoms with Gasteiger partial charge in [0, 0.05) is 10.9 Å². The van der Waals surface area contributed by atoms with Crippen LogP contribution in [0.4, 0.5) is 0 Å². The van der Waals surface area contributed by atoms with Crippen LogP contribution in [-0.2, 0) is 11.2 Å². The zero-order valence-corrected chi connectivity index (χ0v) is 15.4. The average molecular weight is 361 g/mol. The summed E-state index contributed by atoms with van der Waals surface area (Å²) >= 11 is 0. The minimum atomic E-state index is -0.527. The second-order valence-corrected chi connectivity index (χ2v) is 6.42. The number of furan rings is 1. The number of hydrogen-bond donors (Lipinski definition) is 1. The molecule has 136 valence electrons. The normalized spacial score (nSPS) is 11.2. The monoisotopic (exact) mass is 361 g/mol. The van der Waals surface area contributed by atoms with E-state index in [0.717, 1.165) is 22.1 Å². The summed E-state index contributed by atoms with van der Waals surface area (Å²) in [7, 11) is 1.32. The number of hydrogen-bond acceptors (Lipinski definition) is 5. The summed E-state index contributed by atoms with van der Waals surface area (Å²) < 4.78 is 11.0. The van der Waals surface area contributed by atoms with Crippen molar-refractivity contribution >= 4 is 27.8 Å². The number of aromatic hydroxyl groups is 1. The maximum atomic E-state index is 12.4. The van der Waals surface area contributed by atoms with Crippen molar-refractivity contribution in [1.82, 2.24) is 4.98 Å². The topological polar surface area (TPSA) is 72.6 Å². The zero-order valence-electron chi connectivity index (χ0n) is 15.4. The molecule has 2 aromatic heterocycles. The van der Waals surface area contributed by atoms with Crippen LogP contribution in [0.15, 0.2) is 46.9 Å². The van der Waals surface area contributed by atoms with Crippen molar-refractivity contribution in [2.75, 3.05) is 7.11 Å². The highest BCUT2D eigenvalue weighted by atomic mass is 16.5. The minimum absolute atomic E-state index is 0.00276. The van der Waals surface area contributed by atoms with Gasteiger partial charge in [0.15, 0.2) is 5.76 Å². The van der Waals surface area contributed by atoms with Crippen molar-refractivity contribution in [3.63, 3.8) is 0 Å². The molecule has 0 spiro atoms. The highest BCUT2D eigenvalue weighted by molar-refractivity contribution is 6.08. The highest BCUT2D eigenvalue weighted by Gasteiger charge is 2.21. The van der Waals surface area contributed by atoms with Crippen molar-refractivity contribution in [3.05, 3.63) is 59.2 Å². The van der Waals surface area contributed by atoms with E-state index in [9.17, 15) is 9.90 Å². The largest absolute Gasteiger partial charge is 0.507 e. The van der Waals surface area contributed by atoms with Gasteiger partial charge in [0.1, 0.15) is 17.0 Å². The summed E-state index contributed by atoms with van der Waals surface area (Å²) in [5, 5.41) is 11.8. The smallest absolute Gasteiger partial charge is 0.338 e. The lowest BCUT2D eigenvalue weighted by molar-refractivity contribution is 0.0602. The van der Waals surface area contributed by atoms with Gasteiger partial charge in [-0.15, -0.1) is 0 Å². The van der Waals surface area contributed by atoms with Gasteiger partial charge < -0.3 is 14.3 Å². The molecule has 5 nitrogen and oxygen atoms in total. The third kappa shape index (κ3) is 2.63. The van der Waals surface area contributed by atoms with E-state index in [1.165, 1.54) is 7.11 Å². The number of esters is 1. The maximum absolute atomic E-state index is 12.4. The Morgan fingerprint density at radius 3 is 2.70 bits per heavy atom. The second-order valence-electron chi connectivity index (χ2n) is 6.42. The molecule has 0 atom stereocenters. The molecule has 0 unspecified atom stereocenters. The number of ether oxygens (including phenoxy) is 1. The number of pyridine rings is 1. The Morgan fingerprint density at radius 1 is 1.22 bits per heavy atom. The van der Waals surface area contributed by atoms with Crippen LogP contribution in [0, 0.1) is 6.92 Å².